The Morgan fingerprint density at radius 2 is 2.14 bits per heavy atom. The Bertz CT molecular complexity index is 517. The van der Waals surface area contributed by atoms with E-state index in [-0.39, 0.29) is 24.0 Å². The van der Waals surface area contributed by atoms with Gasteiger partial charge < -0.3 is 15.4 Å². The first-order chi connectivity index (χ1) is 10.2. The number of hydrogen-bond donors (Lipinski definition) is 1. The van der Waals surface area contributed by atoms with E-state index in [0.29, 0.717) is 19.7 Å². The second kappa shape index (κ2) is 6.16. The smallest absolute Gasteiger partial charge is 0.227 e. The lowest BCUT2D eigenvalue weighted by atomic mass is 9.99. The van der Waals surface area contributed by atoms with Crippen LogP contribution in [0.2, 0.25) is 0 Å². The van der Waals surface area contributed by atoms with Crippen LogP contribution >= 0.6 is 0 Å². The van der Waals surface area contributed by atoms with E-state index < -0.39 is 0 Å². The topological polar surface area (TPSA) is 55.6 Å². The maximum absolute atomic E-state index is 12.7. The summed E-state index contributed by atoms with van der Waals surface area (Å²) in [5.74, 6) is 0.238. The molecule has 1 heterocycles. The number of rotatable bonds is 2. The molecule has 1 saturated carbocycles. The molecule has 1 aliphatic heterocycles. The highest BCUT2D eigenvalue weighted by Crippen LogP contribution is 2.29. The molecule has 1 aromatic carbocycles. The highest BCUT2D eigenvalue weighted by molar-refractivity contribution is 5.80. The zero-order valence-corrected chi connectivity index (χ0v) is 12.6. The van der Waals surface area contributed by atoms with E-state index in [0.717, 1.165) is 19.3 Å². The van der Waals surface area contributed by atoms with E-state index in [1.165, 1.54) is 11.1 Å². The monoisotopic (exact) mass is 288 g/mol. The van der Waals surface area contributed by atoms with Crippen LogP contribution in [0.4, 0.5) is 0 Å². The van der Waals surface area contributed by atoms with Crippen LogP contribution < -0.4 is 5.73 Å². The minimum Gasteiger partial charge on any atom is -0.370 e. The normalized spacial score (nSPS) is 29.6. The summed E-state index contributed by atoms with van der Waals surface area (Å²) < 4.78 is 5.89. The number of nitrogens with two attached hydrogens (primary N) is 1. The Morgan fingerprint density at radius 1 is 1.33 bits per heavy atom. The van der Waals surface area contributed by atoms with Gasteiger partial charge in [0.25, 0.3) is 0 Å². The quantitative estimate of drug-likeness (QED) is 0.906. The molecule has 0 spiro atoms. The number of ether oxygens (including phenoxy) is 1. The van der Waals surface area contributed by atoms with Crippen molar-refractivity contribution in [2.75, 3.05) is 19.7 Å². The van der Waals surface area contributed by atoms with Crippen LogP contribution in [0.25, 0.3) is 0 Å². The third-order valence-corrected chi connectivity index (χ3v) is 4.80. The Balaban J connectivity index is 1.71. The molecule has 1 saturated heterocycles. The molecule has 4 heteroatoms. The maximum atomic E-state index is 12.7. The molecule has 0 aromatic heterocycles. The number of benzene rings is 1. The molecule has 114 valence electrons. The van der Waals surface area contributed by atoms with Crippen molar-refractivity contribution in [3.05, 3.63) is 35.4 Å². The number of carbonyl (C=O) groups is 1. The second-order valence-corrected chi connectivity index (χ2v) is 6.20. The molecule has 2 N–H and O–H groups in total. The zero-order chi connectivity index (χ0) is 14.8. The number of hydrogen-bond acceptors (Lipinski definition) is 3. The Labute approximate surface area is 126 Å². The van der Waals surface area contributed by atoms with Crippen molar-refractivity contribution in [1.29, 1.82) is 0 Å². The predicted molar refractivity (Wildman–Crippen MR) is 81.8 cm³/mol. The molecule has 21 heavy (non-hydrogen) atoms. The highest BCUT2D eigenvalue weighted by Gasteiger charge is 2.35. The molecule has 0 bridgehead atoms. The fourth-order valence-electron chi connectivity index (χ4n) is 3.52. The number of morpholine rings is 1. The third kappa shape index (κ3) is 2.97. The van der Waals surface area contributed by atoms with Gasteiger partial charge in [0.2, 0.25) is 5.91 Å². The fourth-order valence-corrected chi connectivity index (χ4v) is 3.52. The Kier molecular flexibility index (Phi) is 4.27. The molecule has 1 aliphatic carbocycles. The van der Waals surface area contributed by atoms with Crippen molar-refractivity contribution in [3.8, 4) is 0 Å². The third-order valence-electron chi connectivity index (χ3n) is 4.80. The van der Waals surface area contributed by atoms with E-state index in [9.17, 15) is 4.79 Å². The molecule has 3 unspecified atom stereocenters. The minimum absolute atomic E-state index is 0.0125. The number of aryl methyl sites for hydroxylation is 1. The summed E-state index contributed by atoms with van der Waals surface area (Å²) in [4.78, 5) is 14.6. The fraction of sp³-hybridized carbons (Fsp3) is 0.588. The van der Waals surface area contributed by atoms with Crippen LogP contribution in [0.3, 0.4) is 0 Å². The van der Waals surface area contributed by atoms with Gasteiger partial charge >= 0.3 is 0 Å². The van der Waals surface area contributed by atoms with E-state index in [4.69, 9.17) is 10.5 Å². The van der Waals surface area contributed by atoms with Gasteiger partial charge in [-0.05, 0) is 30.9 Å². The molecule has 2 fully saturated rings. The van der Waals surface area contributed by atoms with Crippen molar-refractivity contribution < 1.29 is 9.53 Å². The largest absolute Gasteiger partial charge is 0.370 e. The number of amides is 1. The minimum atomic E-state index is -0.0125. The summed E-state index contributed by atoms with van der Waals surface area (Å²) in [6, 6.07) is 8.28. The summed E-state index contributed by atoms with van der Waals surface area (Å²) in [6.45, 7) is 4.02. The first-order valence-electron chi connectivity index (χ1n) is 7.88. The molecule has 0 radical (unpaired) electrons. The van der Waals surface area contributed by atoms with Crippen molar-refractivity contribution in [2.24, 2.45) is 11.7 Å². The van der Waals surface area contributed by atoms with Crippen molar-refractivity contribution in [1.82, 2.24) is 4.90 Å². The SMILES string of the molecule is Cc1ccccc1C1CN(C(=O)C2CCCC2N)CCO1. The van der Waals surface area contributed by atoms with Crippen LogP contribution in [-0.2, 0) is 9.53 Å². The van der Waals surface area contributed by atoms with Gasteiger partial charge in [-0.15, -0.1) is 0 Å². The Morgan fingerprint density at radius 3 is 2.86 bits per heavy atom. The van der Waals surface area contributed by atoms with Crippen molar-refractivity contribution in [2.45, 2.75) is 38.3 Å². The predicted octanol–water partition coefficient (Wildman–Crippen LogP) is 2.02. The maximum Gasteiger partial charge on any atom is 0.227 e. The standard InChI is InChI=1S/C17H24N2O2/c1-12-5-2-3-6-13(12)16-11-19(9-10-21-16)17(20)14-7-4-8-15(14)18/h2-3,5-6,14-16H,4,7-11,18H2,1H3. The van der Waals surface area contributed by atoms with Gasteiger partial charge in [0.05, 0.1) is 19.1 Å². The average molecular weight is 288 g/mol. The van der Waals surface area contributed by atoms with Gasteiger partial charge in [-0.25, -0.2) is 0 Å². The molecule has 3 rings (SSSR count). The van der Waals surface area contributed by atoms with Gasteiger partial charge in [-0.1, -0.05) is 30.7 Å². The van der Waals surface area contributed by atoms with Crippen molar-refractivity contribution >= 4 is 5.91 Å². The molecule has 4 nitrogen and oxygen atoms in total. The first kappa shape index (κ1) is 14.5. The van der Waals surface area contributed by atoms with Crippen LogP contribution in [-0.4, -0.2) is 36.5 Å². The summed E-state index contributed by atoms with van der Waals surface area (Å²) in [5.41, 5.74) is 8.48. The summed E-state index contributed by atoms with van der Waals surface area (Å²) in [6.07, 6.45) is 2.97. The van der Waals surface area contributed by atoms with Crippen LogP contribution in [0.5, 0.6) is 0 Å². The summed E-state index contributed by atoms with van der Waals surface area (Å²) >= 11 is 0. The van der Waals surface area contributed by atoms with Gasteiger partial charge in [0.15, 0.2) is 0 Å². The van der Waals surface area contributed by atoms with Crippen LogP contribution in [0.1, 0.15) is 36.5 Å². The van der Waals surface area contributed by atoms with E-state index >= 15 is 0 Å². The molecular formula is C17H24N2O2. The number of nitrogens with zero attached hydrogens (tertiary/aromatic N) is 1. The molecule has 2 aliphatic rings. The first-order valence-corrected chi connectivity index (χ1v) is 7.88. The molecular weight excluding hydrogens is 264 g/mol. The summed E-state index contributed by atoms with van der Waals surface area (Å²) in [7, 11) is 0. The van der Waals surface area contributed by atoms with Crippen LogP contribution in [0.15, 0.2) is 24.3 Å². The summed E-state index contributed by atoms with van der Waals surface area (Å²) in [5, 5.41) is 0. The van der Waals surface area contributed by atoms with Gasteiger partial charge in [0.1, 0.15) is 6.10 Å². The number of carbonyl (C=O) groups excluding carboxylic acids is 1. The molecule has 1 amide bonds. The van der Waals surface area contributed by atoms with E-state index in [1.807, 2.05) is 17.0 Å². The van der Waals surface area contributed by atoms with E-state index in [2.05, 4.69) is 19.1 Å². The zero-order valence-electron chi connectivity index (χ0n) is 12.6. The second-order valence-electron chi connectivity index (χ2n) is 6.20. The van der Waals surface area contributed by atoms with Crippen LogP contribution in [0, 0.1) is 12.8 Å². The lowest BCUT2D eigenvalue weighted by molar-refractivity contribution is -0.143. The van der Waals surface area contributed by atoms with Crippen molar-refractivity contribution in [3.63, 3.8) is 0 Å². The average Bonchev–Trinajstić information content (AvgIpc) is 2.93. The lowest BCUT2D eigenvalue weighted by Crippen LogP contribution is -2.47. The highest BCUT2D eigenvalue weighted by atomic mass is 16.5. The van der Waals surface area contributed by atoms with Gasteiger partial charge in [-0.2, -0.15) is 0 Å². The molecule has 1 aromatic rings. The van der Waals surface area contributed by atoms with Gasteiger partial charge in [-0.3, -0.25) is 4.79 Å². The lowest BCUT2D eigenvalue weighted by Gasteiger charge is -2.35. The Hall–Kier alpha value is -1.39. The van der Waals surface area contributed by atoms with E-state index in [1.54, 1.807) is 0 Å². The van der Waals surface area contributed by atoms with Gasteiger partial charge in [0, 0.05) is 12.6 Å². The molecule has 3 atom stereocenters.